The molecule has 0 aromatic rings. The highest BCUT2D eigenvalue weighted by molar-refractivity contribution is 6.67. The summed E-state index contributed by atoms with van der Waals surface area (Å²) in [7, 11) is -1.93. The standard InChI is InChI=1S/C15H31NO2Si/c1-4-17-19(6-3,18-5-2)14-10-13-16-15-11-8-7-9-12-15/h4-14H2,1-3H3. The Morgan fingerprint density at radius 3 is 2.16 bits per heavy atom. The van der Waals surface area contributed by atoms with E-state index in [2.05, 4.69) is 20.8 Å². The molecule has 0 atom stereocenters. The van der Waals surface area contributed by atoms with E-state index in [0.29, 0.717) is 0 Å². The number of hydrogen-bond acceptors (Lipinski definition) is 3. The Morgan fingerprint density at radius 2 is 1.63 bits per heavy atom. The monoisotopic (exact) mass is 285 g/mol. The van der Waals surface area contributed by atoms with Gasteiger partial charge in [0.25, 0.3) is 0 Å². The third-order valence-corrected chi connectivity index (χ3v) is 7.66. The summed E-state index contributed by atoms with van der Waals surface area (Å²) in [5.74, 6) is 0. The summed E-state index contributed by atoms with van der Waals surface area (Å²) in [5.41, 5.74) is 1.45. The molecule has 112 valence electrons. The van der Waals surface area contributed by atoms with Gasteiger partial charge < -0.3 is 8.85 Å². The first-order chi connectivity index (χ1) is 9.26. The van der Waals surface area contributed by atoms with Crippen LogP contribution in [0, 0.1) is 0 Å². The molecule has 4 heteroatoms. The molecular formula is C15H31NO2Si. The van der Waals surface area contributed by atoms with Crippen LogP contribution in [0.1, 0.15) is 59.3 Å². The van der Waals surface area contributed by atoms with Gasteiger partial charge in [-0.05, 0) is 58.0 Å². The highest BCUT2D eigenvalue weighted by atomic mass is 28.4. The lowest BCUT2D eigenvalue weighted by Gasteiger charge is -2.28. The van der Waals surface area contributed by atoms with Gasteiger partial charge in [0.15, 0.2) is 0 Å². The number of nitrogens with zero attached hydrogens (tertiary/aromatic N) is 1. The lowest BCUT2D eigenvalue weighted by atomic mass is 9.98. The first-order valence-corrected chi connectivity index (χ1v) is 10.3. The minimum Gasteiger partial charge on any atom is -0.394 e. The summed E-state index contributed by atoms with van der Waals surface area (Å²) in [6.45, 7) is 8.84. The molecule has 0 saturated heterocycles. The molecule has 0 bridgehead atoms. The maximum absolute atomic E-state index is 5.98. The van der Waals surface area contributed by atoms with Crippen LogP contribution in [0.3, 0.4) is 0 Å². The third-order valence-electron chi connectivity index (χ3n) is 3.84. The summed E-state index contributed by atoms with van der Waals surface area (Å²) in [6.07, 6.45) is 7.64. The lowest BCUT2D eigenvalue weighted by molar-refractivity contribution is 0.183. The van der Waals surface area contributed by atoms with Gasteiger partial charge in [-0.3, -0.25) is 4.99 Å². The molecule has 1 saturated carbocycles. The first-order valence-electron chi connectivity index (χ1n) is 8.06. The van der Waals surface area contributed by atoms with Gasteiger partial charge in [0.1, 0.15) is 0 Å². The molecule has 1 fully saturated rings. The second-order valence-electron chi connectivity index (χ2n) is 5.24. The van der Waals surface area contributed by atoms with E-state index in [1.54, 1.807) is 0 Å². The van der Waals surface area contributed by atoms with Crippen LogP contribution in [-0.4, -0.2) is 34.0 Å². The van der Waals surface area contributed by atoms with E-state index in [9.17, 15) is 0 Å². The van der Waals surface area contributed by atoms with E-state index in [1.807, 2.05) is 0 Å². The maximum atomic E-state index is 5.98. The van der Waals surface area contributed by atoms with E-state index in [-0.39, 0.29) is 0 Å². The molecule has 1 rings (SSSR count). The molecule has 0 unspecified atom stereocenters. The van der Waals surface area contributed by atoms with Crippen molar-refractivity contribution in [3.8, 4) is 0 Å². The molecule has 19 heavy (non-hydrogen) atoms. The SMILES string of the molecule is CCO[Si](CC)(CCCN=C1CCCCC1)OCC. The van der Waals surface area contributed by atoms with Crippen LogP contribution in [0.4, 0.5) is 0 Å². The van der Waals surface area contributed by atoms with Crippen LogP contribution in [0.15, 0.2) is 4.99 Å². The molecule has 1 aliphatic rings. The molecule has 0 aromatic heterocycles. The average Bonchev–Trinajstić information content (AvgIpc) is 2.45. The highest BCUT2D eigenvalue weighted by Crippen LogP contribution is 2.21. The number of hydrogen-bond donors (Lipinski definition) is 0. The van der Waals surface area contributed by atoms with Gasteiger partial charge in [0.2, 0.25) is 0 Å². The van der Waals surface area contributed by atoms with Crippen LogP contribution >= 0.6 is 0 Å². The fourth-order valence-corrected chi connectivity index (χ4v) is 5.68. The van der Waals surface area contributed by atoms with E-state index in [0.717, 1.165) is 38.3 Å². The van der Waals surface area contributed by atoms with Crippen LogP contribution in [0.2, 0.25) is 12.1 Å². The Morgan fingerprint density at radius 1 is 1.00 bits per heavy atom. The van der Waals surface area contributed by atoms with Gasteiger partial charge in [-0.2, -0.15) is 0 Å². The third kappa shape index (κ3) is 6.19. The molecule has 0 spiro atoms. The van der Waals surface area contributed by atoms with Gasteiger partial charge in [0.05, 0.1) is 0 Å². The van der Waals surface area contributed by atoms with Gasteiger partial charge in [-0.25, -0.2) is 0 Å². The summed E-state index contributed by atoms with van der Waals surface area (Å²) >= 11 is 0. The Balaban J connectivity index is 2.34. The molecule has 0 N–H and O–H groups in total. The summed E-state index contributed by atoms with van der Waals surface area (Å²) < 4.78 is 12.0. The van der Waals surface area contributed by atoms with Crippen molar-refractivity contribution < 1.29 is 8.85 Å². The zero-order chi connectivity index (χ0) is 14.0. The van der Waals surface area contributed by atoms with Gasteiger partial charge in [-0.15, -0.1) is 0 Å². The Hall–Kier alpha value is -0.193. The van der Waals surface area contributed by atoms with Crippen molar-refractivity contribution in [3.05, 3.63) is 0 Å². The Bertz CT molecular complexity index is 255. The maximum Gasteiger partial charge on any atom is 0.337 e. The van der Waals surface area contributed by atoms with Crippen molar-refractivity contribution >= 4 is 14.3 Å². The van der Waals surface area contributed by atoms with Gasteiger partial charge >= 0.3 is 8.56 Å². The predicted molar refractivity (Wildman–Crippen MR) is 84.3 cm³/mol. The van der Waals surface area contributed by atoms with Crippen molar-refractivity contribution in [2.24, 2.45) is 4.99 Å². The molecule has 1 aliphatic carbocycles. The fourth-order valence-electron chi connectivity index (χ4n) is 2.80. The van der Waals surface area contributed by atoms with Gasteiger partial charge in [-0.1, -0.05) is 13.3 Å². The second kappa shape index (κ2) is 9.67. The summed E-state index contributed by atoms with van der Waals surface area (Å²) in [5, 5.41) is 0. The Labute approximate surface area is 120 Å². The highest BCUT2D eigenvalue weighted by Gasteiger charge is 2.34. The van der Waals surface area contributed by atoms with Crippen molar-refractivity contribution in [1.82, 2.24) is 0 Å². The summed E-state index contributed by atoms with van der Waals surface area (Å²) in [6, 6.07) is 2.13. The molecule has 0 heterocycles. The first kappa shape index (κ1) is 16.9. The molecule has 0 aliphatic heterocycles. The van der Waals surface area contributed by atoms with Crippen LogP contribution in [-0.2, 0) is 8.85 Å². The largest absolute Gasteiger partial charge is 0.394 e. The topological polar surface area (TPSA) is 30.8 Å². The van der Waals surface area contributed by atoms with E-state index < -0.39 is 8.56 Å². The molecule has 0 aromatic carbocycles. The minimum absolute atomic E-state index is 0.772. The van der Waals surface area contributed by atoms with Crippen molar-refractivity contribution in [2.75, 3.05) is 19.8 Å². The molecule has 0 radical (unpaired) electrons. The van der Waals surface area contributed by atoms with Crippen molar-refractivity contribution in [1.29, 1.82) is 0 Å². The molecular weight excluding hydrogens is 254 g/mol. The zero-order valence-electron chi connectivity index (χ0n) is 13.0. The minimum atomic E-state index is -1.93. The van der Waals surface area contributed by atoms with Crippen molar-refractivity contribution in [2.45, 2.75) is 71.4 Å². The van der Waals surface area contributed by atoms with E-state index in [1.165, 1.54) is 37.8 Å². The van der Waals surface area contributed by atoms with Gasteiger partial charge in [0, 0.05) is 25.5 Å². The van der Waals surface area contributed by atoms with Crippen LogP contribution in [0.5, 0.6) is 0 Å². The van der Waals surface area contributed by atoms with E-state index >= 15 is 0 Å². The van der Waals surface area contributed by atoms with Crippen LogP contribution in [0.25, 0.3) is 0 Å². The number of aliphatic imine (C=N–C) groups is 1. The predicted octanol–water partition coefficient (Wildman–Crippen LogP) is 4.32. The smallest absolute Gasteiger partial charge is 0.337 e. The van der Waals surface area contributed by atoms with Crippen LogP contribution < -0.4 is 0 Å². The van der Waals surface area contributed by atoms with Crippen molar-refractivity contribution in [3.63, 3.8) is 0 Å². The number of rotatable bonds is 9. The quantitative estimate of drug-likeness (QED) is 0.467. The lowest BCUT2D eigenvalue weighted by Crippen LogP contribution is -2.41. The molecule has 0 amide bonds. The summed E-state index contributed by atoms with van der Waals surface area (Å²) in [4.78, 5) is 4.77. The average molecular weight is 286 g/mol. The second-order valence-corrected chi connectivity index (χ2v) is 8.85. The zero-order valence-corrected chi connectivity index (χ0v) is 14.0. The Kier molecular flexibility index (Phi) is 8.58. The van der Waals surface area contributed by atoms with E-state index in [4.69, 9.17) is 13.8 Å². The molecule has 3 nitrogen and oxygen atoms in total. The fraction of sp³-hybridized carbons (Fsp3) is 0.933. The normalized spacial score (nSPS) is 16.7.